The van der Waals surface area contributed by atoms with Gasteiger partial charge >= 0.3 is 0 Å². The maximum absolute atomic E-state index is 12.4. The van der Waals surface area contributed by atoms with Crippen molar-refractivity contribution >= 4 is 5.91 Å². The molecule has 3 heteroatoms. The van der Waals surface area contributed by atoms with E-state index >= 15 is 0 Å². The first-order valence-corrected chi connectivity index (χ1v) is 8.20. The fourth-order valence-electron chi connectivity index (χ4n) is 2.50. The lowest BCUT2D eigenvalue weighted by Crippen LogP contribution is -2.35. The van der Waals surface area contributed by atoms with Crippen molar-refractivity contribution in [3.8, 4) is 0 Å². The van der Waals surface area contributed by atoms with Gasteiger partial charge in [-0.2, -0.15) is 0 Å². The van der Waals surface area contributed by atoms with E-state index in [0.717, 1.165) is 32.4 Å². The number of amides is 1. The van der Waals surface area contributed by atoms with Gasteiger partial charge in [0.15, 0.2) is 0 Å². The van der Waals surface area contributed by atoms with Gasteiger partial charge in [0, 0.05) is 31.6 Å². The molecule has 0 bridgehead atoms. The van der Waals surface area contributed by atoms with Gasteiger partial charge in [-0.05, 0) is 30.4 Å². The summed E-state index contributed by atoms with van der Waals surface area (Å²) in [5, 5.41) is 3.32. The molecule has 0 aromatic heterocycles. The Morgan fingerprint density at radius 3 is 2.38 bits per heavy atom. The smallest absolute Gasteiger partial charge is 0.224 e. The normalized spacial score (nSPS) is 14.5. The highest BCUT2D eigenvalue weighted by molar-refractivity contribution is 5.77. The molecule has 2 rings (SSSR count). The maximum atomic E-state index is 12.4. The van der Waals surface area contributed by atoms with E-state index < -0.39 is 0 Å². The van der Waals surface area contributed by atoms with Crippen LogP contribution in [0, 0.1) is 0 Å². The van der Waals surface area contributed by atoms with Crippen LogP contribution in [-0.4, -0.2) is 29.4 Å². The van der Waals surface area contributed by atoms with E-state index in [-0.39, 0.29) is 5.91 Å². The second kappa shape index (κ2) is 7.60. The summed E-state index contributed by atoms with van der Waals surface area (Å²) in [5.74, 6) is 0.283. The fourth-order valence-corrected chi connectivity index (χ4v) is 2.50. The lowest BCUT2D eigenvalue weighted by Gasteiger charge is -2.23. The first-order chi connectivity index (χ1) is 10.1. The summed E-state index contributed by atoms with van der Waals surface area (Å²) in [5.41, 5.74) is 2.59. The largest absolute Gasteiger partial charge is 0.335 e. The molecule has 0 atom stereocenters. The van der Waals surface area contributed by atoms with E-state index in [1.165, 1.54) is 11.1 Å². The Morgan fingerprint density at radius 1 is 1.24 bits per heavy atom. The molecular weight excluding hydrogens is 260 g/mol. The zero-order chi connectivity index (χ0) is 15.2. The Labute approximate surface area is 128 Å². The SMILES string of the molecule is CCc1ccc(CN(C(=O)CCNC(C)C)C2CC2)cc1. The van der Waals surface area contributed by atoms with Crippen molar-refractivity contribution in [2.45, 2.75) is 65.1 Å². The van der Waals surface area contributed by atoms with Gasteiger partial charge in [-0.1, -0.05) is 45.0 Å². The van der Waals surface area contributed by atoms with Gasteiger partial charge in [-0.25, -0.2) is 0 Å². The van der Waals surface area contributed by atoms with Crippen molar-refractivity contribution in [2.75, 3.05) is 6.54 Å². The molecule has 1 fully saturated rings. The number of nitrogens with one attached hydrogen (secondary N) is 1. The minimum atomic E-state index is 0.283. The molecule has 1 aromatic carbocycles. The zero-order valence-electron chi connectivity index (χ0n) is 13.6. The van der Waals surface area contributed by atoms with Gasteiger partial charge in [0.05, 0.1) is 0 Å². The molecule has 0 saturated heterocycles. The quantitative estimate of drug-likeness (QED) is 0.797. The number of hydrogen-bond donors (Lipinski definition) is 1. The molecule has 0 radical (unpaired) electrons. The number of aryl methyl sites for hydroxylation is 1. The minimum absolute atomic E-state index is 0.283. The fraction of sp³-hybridized carbons (Fsp3) is 0.611. The third-order valence-electron chi connectivity index (χ3n) is 3.98. The number of carbonyl (C=O) groups is 1. The van der Waals surface area contributed by atoms with Crippen LogP contribution in [0.5, 0.6) is 0 Å². The summed E-state index contributed by atoms with van der Waals surface area (Å²) in [4.78, 5) is 14.5. The second-order valence-corrected chi connectivity index (χ2v) is 6.28. The molecule has 0 spiro atoms. The highest BCUT2D eigenvalue weighted by atomic mass is 16.2. The van der Waals surface area contributed by atoms with Crippen LogP contribution in [0.15, 0.2) is 24.3 Å². The van der Waals surface area contributed by atoms with Crippen LogP contribution >= 0.6 is 0 Å². The molecular formula is C18H28N2O. The number of hydrogen-bond acceptors (Lipinski definition) is 2. The average Bonchev–Trinajstić information content (AvgIpc) is 3.29. The Balaban J connectivity index is 1.90. The Hall–Kier alpha value is -1.35. The van der Waals surface area contributed by atoms with Crippen LogP contribution in [0.4, 0.5) is 0 Å². The highest BCUT2D eigenvalue weighted by Gasteiger charge is 2.32. The van der Waals surface area contributed by atoms with E-state index in [1.807, 2.05) is 0 Å². The van der Waals surface area contributed by atoms with Crippen LogP contribution in [0.1, 0.15) is 51.2 Å². The summed E-state index contributed by atoms with van der Waals surface area (Å²) in [6, 6.07) is 9.58. The van der Waals surface area contributed by atoms with Gasteiger partial charge in [0.1, 0.15) is 0 Å². The molecule has 0 heterocycles. The van der Waals surface area contributed by atoms with Crippen LogP contribution in [0.3, 0.4) is 0 Å². The number of benzene rings is 1. The summed E-state index contributed by atoms with van der Waals surface area (Å²) < 4.78 is 0. The predicted molar refractivity (Wildman–Crippen MR) is 87.1 cm³/mol. The van der Waals surface area contributed by atoms with Crippen LogP contribution in [-0.2, 0) is 17.8 Å². The van der Waals surface area contributed by atoms with Crippen molar-refractivity contribution in [3.05, 3.63) is 35.4 Å². The summed E-state index contributed by atoms with van der Waals surface area (Å²) in [6.45, 7) is 7.91. The Bertz CT molecular complexity index is 449. The van der Waals surface area contributed by atoms with Crippen molar-refractivity contribution in [2.24, 2.45) is 0 Å². The third-order valence-corrected chi connectivity index (χ3v) is 3.98. The predicted octanol–water partition coefficient (Wildman–Crippen LogP) is 3.13. The average molecular weight is 288 g/mol. The van der Waals surface area contributed by atoms with E-state index in [0.29, 0.717) is 18.5 Å². The molecule has 21 heavy (non-hydrogen) atoms. The topological polar surface area (TPSA) is 32.3 Å². The summed E-state index contributed by atoms with van der Waals surface area (Å²) in [7, 11) is 0. The second-order valence-electron chi connectivity index (χ2n) is 6.28. The maximum Gasteiger partial charge on any atom is 0.224 e. The van der Waals surface area contributed by atoms with Crippen LogP contribution < -0.4 is 5.32 Å². The lowest BCUT2D eigenvalue weighted by molar-refractivity contribution is -0.132. The number of rotatable bonds is 8. The molecule has 1 aliphatic rings. The molecule has 0 unspecified atom stereocenters. The first kappa shape index (κ1) is 16.0. The molecule has 1 amide bonds. The highest BCUT2D eigenvalue weighted by Crippen LogP contribution is 2.29. The molecule has 1 aromatic rings. The van der Waals surface area contributed by atoms with Crippen molar-refractivity contribution in [1.82, 2.24) is 10.2 Å². The van der Waals surface area contributed by atoms with E-state index in [1.54, 1.807) is 0 Å². The first-order valence-electron chi connectivity index (χ1n) is 8.20. The zero-order valence-corrected chi connectivity index (χ0v) is 13.6. The van der Waals surface area contributed by atoms with E-state index in [4.69, 9.17) is 0 Å². The molecule has 0 aliphatic heterocycles. The third kappa shape index (κ3) is 5.16. The molecule has 1 aliphatic carbocycles. The monoisotopic (exact) mass is 288 g/mol. The molecule has 3 nitrogen and oxygen atoms in total. The number of nitrogens with zero attached hydrogens (tertiary/aromatic N) is 1. The van der Waals surface area contributed by atoms with E-state index in [2.05, 4.69) is 55.3 Å². The molecule has 116 valence electrons. The van der Waals surface area contributed by atoms with Crippen molar-refractivity contribution in [3.63, 3.8) is 0 Å². The molecule has 1 saturated carbocycles. The van der Waals surface area contributed by atoms with Gasteiger partial charge in [-0.3, -0.25) is 4.79 Å². The van der Waals surface area contributed by atoms with Crippen LogP contribution in [0.25, 0.3) is 0 Å². The standard InChI is InChI=1S/C18H28N2O/c1-4-15-5-7-16(8-6-15)13-20(17-9-10-17)18(21)11-12-19-14(2)3/h5-8,14,17,19H,4,9-13H2,1-3H3. The Morgan fingerprint density at radius 2 is 1.86 bits per heavy atom. The summed E-state index contributed by atoms with van der Waals surface area (Å²) in [6.07, 6.45) is 3.99. The van der Waals surface area contributed by atoms with Crippen LogP contribution in [0.2, 0.25) is 0 Å². The van der Waals surface area contributed by atoms with Gasteiger partial charge in [0.2, 0.25) is 5.91 Å². The Kier molecular flexibility index (Phi) is 5.80. The summed E-state index contributed by atoms with van der Waals surface area (Å²) >= 11 is 0. The van der Waals surface area contributed by atoms with Gasteiger partial charge in [0.25, 0.3) is 0 Å². The van der Waals surface area contributed by atoms with Gasteiger partial charge in [-0.15, -0.1) is 0 Å². The molecule has 1 N–H and O–H groups in total. The minimum Gasteiger partial charge on any atom is -0.335 e. The van der Waals surface area contributed by atoms with Crippen molar-refractivity contribution in [1.29, 1.82) is 0 Å². The number of carbonyl (C=O) groups excluding carboxylic acids is 1. The van der Waals surface area contributed by atoms with Crippen molar-refractivity contribution < 1.29 is 4.79 Å². The lowest BCUT2D eigenvalue weighted by atomic mass is 10.1. The van der Waals surface area contributed by atoms with Gasteiger partial charge < -0.3 is 10.2 Å². The van der Waals surface area contributed by atoms with E-state index in [9.17, 15) is 4.79 Å².